The molecule has 1 aromatic heterocycles. The van der Waals surface area contributed by atoms with Gasteiger partial charge in [0.2, 0.25) is 0 Å². The fraction of sp³-hybridized carbons (Fsp3) is 0.167. The quantitative estimate of drug-likeness (QED) is 0.673. The van der Waals surface area contributed by atoms with Crippen LogP contribution < -0.4 is 14.8 Å². The van der Waals surface area contributed by atoms with Crippen LogP contribution in [0.5, 0.6) is 11.5 Å². The molecule has 7 nitrogen and oxygen atoms in total. The lowest BCUT2D eigenvalue weighted by Gasteiger charge is -2.19. The highest BCUT2D eigenvalue weighted by atomic mass is 32.2. The molecule has 132 valence electrons. The lowest BCUT2D eigenvalue weighted by Crippen LogP contribution is -2.16. The van der Waals surface area contributed by atoms with Gasteiger partial charge in [0.1, 0.15) is 19.5 Å². The van der Waals surface area contributed by atoms with E-state index in [4.69, 9.17) is 9.47 Å². The van der Waals surface area contributed by atoms with Gasteiger partial charge in [-0.15, -0.1) is 0 Å². The van der Waals surface area contributed by atoms with E-state index < -0.39 is 0 Å². The van der Waals surface area contributed by atoms with Crippen molar-refractivity contribution in [3.63, 3.8) is 0 Å². The number of aromatic amines is 1. The predicted molar refractivity (Wildman–Crippen MR) is 97.8 cm³/mol. The molecule has 4 rings (SSSR count). The van der Waals surface area contributed by atoms with Crippen molar-refractivity contribution >= 4 is 23.4 Å². The van der Waals surface area contributed by atoms with Gasteiger partial charge in [-0.2, -0.15) is 5.10 Å². The number of fused-ring (bicyclic) bond motifs is 1. The van der Waals surface area contributed by atoms with Crippen LogP contribution in [-0.2, 0) is 5.75 Å². The number of thioether (sulfide) groups is 1. The first kappa shape index (κ1) is 16.5. The number of H-pyrrole nitrogens is 1. The Morgan fingerprint density at radius 2 is 1.92 bits per heavy atom. The van der Waals surface area contributed by atoms with E-state index in [1.54, 1.807) is 30.0 Å². The molecule has 1 aliphatic heterocycles. The summed E-state index contributed by atoms with van der Waals surface area (Å²) >= 11 is 1.55. The van der Waals surface area contributed by atoms with Crippen LogP contribution in [0.2, 0.25) is 0 Å². The van der Waals surface area contributed by atoms with Gasteiger partial charge in [-0.05, 0) is 29.8 Å². The minimum atomic E-state index is -0.170. The van der Waals surface area contributed by atoms with Gasteiger partial charge in [-0.25, -0.2) is 4.98 Å². The summed E-state index contributed by atoms with van der Waals surface area (Å²) in [6, 6.07) is 12.9. The van der Waals surface area contributed by atoms with Gasteiger partial charge in [-0.3, -0.25) is 9.89 Å². The lowest BCUT2D eigenvalue weighted by atomic mass is 10.1. The van der Waals surface area contributed by atoms with E-state index in [0.717, 1.165) is 16.5 Å². The maximum absolute atomic E-state index is 12.4. The highest BCUT2D eigenvalue weighted by molar-refractivity contribution is 7.98. The molecule has 0 spiro atoms. The molecule has 0 saturated carbocycles. The molecule has 3 aromatic rings. The zero-order valence-electron chi connectivity index (χ0n) is 13.8. The molecule has 0 fully saturated rings. The summed E-state index contributed by atoms with van der Waals surface area (Å²) in [4.78, 5) is 16.5. The molecular formula is C18H16N4O3S. The number of anilines is 1. The Morgan fingerprint density at radius 1 is 1.12 bits per heavy atom. The number of nitrogens with zero attached hydrogens (tertiary/aromatic N) is 2. The fourth-order valence-corrected chi connectivity index (χ4v) is 3.23. The monoisotopic (exact) mass is 368 g/mol. The summed E-state index contributed by atoms with van der Waals surface area (Å²) in [5, 5.41) is 10.3. The van der Waals surface area contributed by atoms with Crippen molar-refractivity contribution in [3.05, 3.63) is 59.9 Å². The van der Waals surface area contributed by atoms with E-state index >= 15 is 0 Å². The molecule has 2 heterocycles. The second-order valence-electron chi connectivity index (χ2n) is 5.59. The summed E-state index contributed by atoms with van der Waals surface area (Å²) in [6.07, 6.45) is 1.48. The maximum Gasteiger partial charge on any atom is 0.255 e. The van der Waals surface area contributed by atoms with Crippen LogP contribution in [0.15, 0.2) is 53.9 Å². The van der Waals surface area contributed by atoms with E-state index in [2.05, 4.69) is 20.5 Å². The number of ether oxygens (including phenoxy) is 2. The van der Waals surface area contributed by atoms with E-state index in [1.165, 1.54) is 6.33 Å². The summed E-state index contributed by atoms with van der Waals surface area (Å²) in [7, 11) is 0. The largest absolute Gasteiger partial charge is 0.486 e. The smallest absolute Gasteiger partial charge is 0.255 e. The number of aromatic nitrogens is 3. The van der Waals surface area contributed by atoms with E-state index in [1.807, 2.05) is 24.3 Å². The average molecular weight is 368 g/mol. The molecule has 0 aliphatic carbocycles. The Kier molecular flexibility index (Phi) is 4.74. The first-order valence-corrected chi connectivity index (χ1v) is 9.04. The predicted octanol–water partition coefficient (Wildman–Crippen LogP) is 3.12. The van der Waals surface area contributed by atoms with Gasteiger partial charge in [-0.1, -0.05) is 23.9 Å². The van der Waals surface area contributed by atoms with Crippen LogP contribution in [0.4, 0.5) is 5.69 Å². The zero-order chi connectivity index (χ0) is 17.8. The van der Waals surface area contributed by atoms with E-state index in [0.29, 0.717) is 36.0 Å². The van der Waals surface area contributed by atoms with Crippen LogP contribution in [-0.4, -0.2) is 34.3 Å². The maximum atomic E-state index is 12.4. The van der Waals surface area contributed by atoms with Crippen LogP contribution in [0.1, 0.15) is 15.9 Å². The molecule has 0 radical (unpaired) electrons. The van der Waals surface area contributed by atoms with Crippen molar-refractivity contribution in [1.82, 2.24) is 15.2 Å². The van der Waals surface area contributed by atoms with Gasteiger partial charge < -0.3 is 14.8 Å². The first-order chi connectivity index (χ1) is 12.8. The molecule has 1 aliphatic rings. The molecule has 0 bridgehead atoms. The first-order valence-electron chi connectivity index (χ1n) is 8.06. The molecule has 1 amide bonds. The number of carbonyl (C=O) groups excluding carboxylic acids is 1. The van der Waals surface area contributed by atoms with Crippen LogP contribution >= 0.6 is 11.8 Å². The number of carbonyl (C=O) groups is 1. The van der Waals surface area contributed by atoms with Crippen molar-refractivity contribution in [3.8, 4) is 11.5 Å². The Balaban J connectivity index is 1.38. The third-order valence-corrected chi connectivity index (χ3v) is 4.73. The van der Waals surface area contributed by atoms with Crippen molar-refractivity contribution in [2.45, 2.75) is 10.9 Å². The van der Waals surface area contributed by atoms with Crippen LogP contribution in [0.25, 0.3) is 0 Å². The number of nitrogens with one attached hydrogen (secondary N) is 2. The average Bonchev–Trinajstić information content (AvgIpc) is 3.20. The van der Waals surface area contributed by atoms with Crippen molar-refractivity contribution < 1.29 is 14.3 Å². The minimum absolute atomic E-state index is 0.170. The Labute approximate surface area is 154 Å². The van der Waals surface area contributed by atoms with Gasteiger partial charge in [0.25, 0.3) is 5.91 Å². The number of hydrogen-bond donors (Lipinski definition) is 2. The Morgan fingerprint density at radius 3 is 2.69 bits per heavy atom. The van der Waals surface area contributed by atoms with Gasteiger partial charge in [0, 0.05) is 23.1 Å². The third kappa shape index (κ3) is 3.80. The molecule has 2 N–H and O–H groups in total. The van der Waals surface area contributed by atoms with Crippen molar-refractivity contribution in [2.75, 3.05) is 18.5 Å². The number of hydrogen-bond acceptors (Lipinski definition) is 6. The Bertz CT molecular complexity index is 897. The normalized spacial score (nSPS) is 12.6. The molecular weight excluding hydrogens is 352 g/mol. The summed E-state index contributed by atoms with van der Waals surface area (Å²) in [5.41, 5.74) is 2.36. The number of amides is 1. The standard InChI is InChI=1S/C18H16N4O3S/c23-17(21-14-5-6-15-16(9-14)25-8-7-24-15)13-3-1-12(2-4-13)10-26-18-19-11-20-22-18/h1-6,9,11H,7-8,10H2,(H,21,23)(H,19,20,22). The van der Waals surface area contributed by atoms with Gasteiger partial charge in [0.05, 0.1) is 0 Å². The molecule has 8 heteroatoms. The minimum Gasteiger partial charge on any atom is -0.486 e. The van der Waals surface area contributed by atoms with Crippen molar-refractivity contribution in [1.29, 1.82) is 0 Å². The molecule has 26 heavy (non-hydrogen) atoms. The fourth-order valence-electron chi connectivity index (χ4n) is 2.49. The lowest BCUT2D eigenvalue weighted by molar-refractivity contribution is 0.102. The number of benzene rings is 2. The summed E-state index contributed by atoms with van der Waals surface area (Å²) in [5.74, 6) is 1.92. The van der Waals surface area contributed by atoms with Gasteiger partial charge in [0.15, 0.2) is 16.7 Å². The second kappa shape index (κ2) is 7.49. The second-order valence-corrected chi connectivity index (χ2v) is 6.55. The van der Waals surface area contributed by atoms with Crippen LogP contribution in [0, 0.1) is 0 Å². The van der Waals surface area contributed by atoms with Crippen molar-refractivity contribution in [2.24, 2.45) is 0 Å². The van der Waals surface area contributed by atoms with Gasteiger partial charge >= 0.3 is 0 Å². The highest BCUT2D eigenvalue weighted by Crippen LogP contribution is 2.32. The molecule has 2 aromatic carbocycles. The van der Waals surface area contributed by atoms with E-state index in [-0.39, 0.29) is 5.91 Å². The zero-order valence-corrected chi connectivity index (χ0v) is 14.6. The van der Waals surface area contributed by atoms with E-state index in [9.17, 15) is 4.79 Å². The summed E-state index contributed by atoms with van der Waals surface area (Å²) < 4.78 is 11.0. The summed E-state index contributed by atoms with van der Waals surface area (Å²) in [6.45, 7) is 1.05. The highest BCUT2D eigenvalue weighted by Gasteiger charge is 2.13. The van der Waals surface area contributed by atoms with Crippen LogP contribution in [0.3, 0.4) is 0 Å². The number of rotatable bonds is 5. The topological polar surface area (TPSA) is 89.1 Å². The molecule has 0 unspecified atom stereocenters. The third-order valence-electron chi connectivity index (χ3n) is 3.78. The SMILES string of the molecule is O=C(Nc1ccc2c(c1)OCCO2)c1ccc(CSc2ncn[nH]2)cc1. The molecule has 0 saturated heterocycles. The Hall–Kier alpha value is -3.00. The molecule has 0 atom stereocenters.